The fourth-order valence-corrected chi connectivity index (χ4v) is 4.44. The summed E-state index contributed by atoms with van der Waals surface area (Å²) in [5, 5.41) is 9.23. The van der Waals surface area contributed by atoms with Crippen LogP contribution in [-0.4, -0.2) is 47.9 Å². The van der Waals surface area contributed by atoms with Gasteiger partial charge in [-0.1, -0.05) is 12.1 Å². The average Bonchev–Trinajstić information content (AvgIpc) is 2.99. The minimum absolute atomic E-state index is 0.0348. The van der Waals surface area contributed by atoms with E-state index < -0.39 is 40.2 Å². The van der Waals surface area contributed by atoms with Crippen LogP contribution < -0.4 is 10.6 Å². The van der Waals surface area contributed by atoms with E-state index in [1.165, 1.54) is 36.2 Å². The summed E-state index contributed by atoms with van der Waals surface area (Å²) in [7, 11) is 0. The Bertz CT molecular complexity index is 970. The number of hydrogen-bond acceptors (Lipinski definition) is 5. The van der Waals surface area contributed by atoms with Gasteiger partial charge in [0.15, 0.2) is 16.5 Å². The van der Waals surface area contributed by atoms with Crippen LogP contribution in [0.25, 0.3) is 0 Å². The van der Waals surface area contributed by atoms with Crippen LogP contribution in [0.2, 0.25) is 0 Å². The molecular weight excluding hydrogens is 386 g/mol. The molecule has 3 rings (SSSR count). The molecule has 10 heteroatoms. The molecule has 3 unspecified atom stereocenters. The summed E-state index contributed by atoms with van der Waals surface area (Å²) < 4.78 is 22.2. The summed E-state index contributed by atoms with van der Waals surface area (Å²) in [5.74, 6) is -2.09. The number of aromatic hydroxyl groups is 1. The molecule has 0 radical (unpaired) electrons. The quantitative estimate of drug-likeness (QED) is 0.501. The first kappa shape index (κ1) is 19.8. The van der Waals surface area contributed by atoms with Gasteiger partial charge in [0.2, 0.25) is 11.8 Å². The number of hydrogen-bond donors (Lipinski definition) is 3. The van der Waals surface area contributed by atoms with Gasteiger partial charge < -0.3 is 20.3 Å². The first-order chi connectivity index (χ1) is 13.1. The summed E-state index contributed by atoms with van der Waals surface area (Å²) in [6.07, 6.45) is 4.13. The molecule has 0 aliphatic carbocycles. The minimum atomic E-state index is -2.54. The van der Waals surface area contributed by atoms with E-state index >= 15 is 0 Å². The maximum absolute atomic E-state index is 13.1. The van der Waals surface area contributed by atoms with Gasteiger partial charge in [-0.3, -0.25) is 19.3 Å². The monoisotopic (exact) mass is 405 g/mol. The van der Waals surface area contributed by atoms with Crippen molar-refractivity contribution in [1.29, 1.82) is 0 Å². The maximum Gasteiger partial charge on any atom is 0.260 e. The van der Waals surface area contributed by atoms with Gasteiger partial charge >= 0.3 is 0 Å². The maximum atomic E-state index is 13.1. The van der Waals surface area contributed by atoms with E-state index in [9.17, 15) is 28.3 Å². The number of nitrogens with zero attached hydrogens (tertiary/aromatic N) is 2. The Balaban J connectivity index is 2.23. The van der Waals surface area contributed by atoms with Crippen molar-refractivity contribution in [2.75, 3.05) is 4.90 Å². The lowest BCUT2D eigenvalue weighted by Crippen LogP contribution is -2.52. The number of allylic oxidation sites excluding steroid dienone is 1. The van der Waals surface area contributed by atoms with Crippen LogP contribution in [-0.2, 0) is 20.7 Å². The number of anilines is 1. The predicted molar refractivity (Wildman–Crippen MR) is 102 cm³/mol. The minimum Gasteiger partial charge on any atom is -0.505 e. The third-order valence-electron chi connectivity index (χ3n) is 4.76. The smallest absolute Gasteiger partial charge is 0.260 e. The Kier molecular flexibility index (Phi) is 5.09. The molecule has 1 aromatic carbocycles. The molecule has 28 heavy (non-hydrogen) atoms. The first-order valence-corrected chi connectivity index (χ1v) is 9.53. The average molecular weight is 405 g/mol. The van der Waals surface area contributed by atoms with Crippen molar-refractivity contribution in [2.24, 2.45) is 5.73 Å². The molecule has 1 aromatic rings. The molecule has 0 saturated carbocycles. The number of aryl methyl sites for hydroxylation is 1. The number of fused-ring (bicyclic) bond motifs is 2. The highest BCUT2D eigenvalue weighted by Gasteiger charge is 2.47. The van der Waals surface area contributed by atoms with E-state index in [2.05, 4.69) is 0 Å². The Hall–Kier alpha value is -2.98. The second kappa shape index (κ2) is 7.21. The van der Waals surface area contributed by atoms with Gasteiger partial charge in [0.25, 0.3) is 5.91 Å². The fourth-order valence-electron chi connectivity index (χ4n) is 3.51. The van der Waals surface area contributed by atoms with Crippen LogP contribution in [0.4, 0.5) is 5.69 Å². The van der Waals surface area contributed by atoms with E-state index in [1.807, 2.05) is 0 Å². The second-order valence-corrected chi connectivity index (χ2v) is 7.64. The van der Waals surface area contributed by atoms with Crippen molar-refractivity contribution in [3.63, 3.8) is 0 Å². The normalized spacial score (nSPS) is 22.5. The third kappa shape index (κ3) is 3.20. The zero-order chi connectivity index (χ0) is 20.7. The SMILES string of the molecule is CC(=O)N1c2c(ccc(C)c2O)C(=O)N2C=C(C=CC(N)=O)CC2C1S(=O)O. The van der Waals surface area contributed by atoms with Crippen LogP contribution in [0, 0.1) is 6.92 Å². The summed E-state index contributed by atoms with van der Waals surface area (Å²) in [6.45, 7) is 2.80. The molecule has 2 aliphatic rings. The number of rotatable bonds is 3. The number of amides is 3. The van der Waals surface area contributed by atoms with E-state index in [-0.39, 0.29) is 23.4 Å². The van der Waals surface area contributed by atoms with Gasteiger partial charge in [-0.25, -0.2) is 4.21 Å². The van der Waals surface area contributed by atoms with Gasteiger partial charge in [-0.15, -0.1) is 0 Å². The summed E-state index contributed by atoms with van der Waals surface area (Å²) in [4.78, 5) is 38.8. The van der Waals surface area contributed by atoms with Crippen LogP contribution in [0.1, 0.15) is 29.3 Å². The summed E-state index contributed by atoms with van der Waals surface area (Å²) in [5.41, 5.74) is 6.01. The Morgan fingerprint density at radius 1 is 1.36 bits per heavy atom. The highest BCUT2D eigenvalue weighted by atomic mass is 32.2. The molecule has 0 fully saturated rings. The van der Waals surface area contributed by atoms with Gasteiger partial charge in [-0.05, 0) is 30.5 Å². The van der Waals surface area contributed by atoms with E-state index in [0.29, 0.717) is 11.1 Å². The predicted octanol–water partition coefficient (Wildman–Crippen LogP) is 0.755. The standard InChI is InChI=1S/C18H19N3O6S/c1-9-3-5-12-15(16(9)24)21(10(2)22)18(28(26)27)13-7-11(4-6-14(19)23)8-20(13)17(12)25/h3-6,8,13,18,24H,7H2,1-2H3,(H2,19,23)(H,26,27). The van der Waals surface area contributed by atoms with E-state index in [0.717, 1.165) is 11.0 Å². The molecule has 0 aromatic heterocycles. The van der Waals surface area contributed by atoms with E-state index in [1.54, 1.807) is 6.92 Å². The fraction of sp³-hybridized carbons (Fsp3) is 0.278. The van der Waals surface area contributed by atoms with Crippen LogP contribution in [0.3, 0.4) is 0 Å². The number of nitrogens with two attached hydrogens (primary N) is 1. The molecule has 2 heterocycles. The summed E-state index contributed by atoms with van der Waals surface area (Å²) in [6, 6.07) is 2.14. The Morgan fingerprint density at radius 3 is 2.61 bits per heavy atom. The molecule has 0 saturated heterocycles. The lowest BCUT2D eigenvalue weighted by Gasteiger charge is -2.33. The Labute approximate surface area is 163 Å². The molecule has 0 bridgehead atoms. The number of carbonyl (C=O) groups excluding carboxylic acids is 3. The van der Waals surface area contributed by atoms with Gasteiger partial charge in [0.05, 0.1) is 11.6 Å². The lowest BCUT2D eigenvalue weighted by molar-refractivity contribution is -0.117. The highest BCUT2D eigenvalue weighted by Crippen LogP contribution is 2.43. The van der Waals surface area contributed by atoms with Crippen molar-refractivity contribution in [3.8, 4) is 5.75 Å². The van der Waals surface area contributed by atoms with Crippen molar-refractivity contribution >= 4 is 34.5 Å². The molecule has 3 atom stereocenters. The number of benzene rings is 1. The third-order valence-corrected chi connectivity index (χ3v) is 5.70. The topological polar surface area (TPSA) is 141 Å². The first-order valence-electron chi connectivity index (χ1n) is 8.36. The molecule has 148 valence electrons. The van der Waals surface area contributed by atoms with Crippen molar-refractivity contribution < 1.29 is 28.3 Å². The number of phenolic OH excluding ortho intramolecular Hbond substituents is 1. The number of phenols is 1. The molecule has 4 N–H and O–H groups in total. The summed E-state index contributed by atoms with van der Waals surface area (Å²) >= 11 is -2.54. The molecular formula is C18H19N3O6S. The van der Waals surface area contributed by atoms with E-state index in [4.69, 9.17) is 5.73 Å². The molecule has 9 nitrogen and oxygen atoms in total. The second-order valence-electron chi connectivity index (χ2n) is 6.61. The molecule has 0 spiro atoms. The van der Waals surface area contributed by atoms with Crippen molar-refractivity contribution in [1.82, 2.24) is 4.90 Å². The van der Waals surface area contributed by atoms with Crippen LogP contribution in [0.15, 0.2) is 36.1 Å². The number of primary amides is 1. The lowest BCUT2D eigenvalue weighted by atomic mass is 10.1. The van der Waals surface area contributed by atoms with Gasteiger partial charge in [0.1, 0.15) is 11.4 Å². The molecule has 2 aliphatic heterocycles. The van der Waals surface area contributed by atoms with Gasteiger partial charge in [0, 0.05) is 19.2 Å². The highest BCUT2D eigenvalue weighted by molar-refractivity contribution is 7.80. The zero-order valence-corrected chi connectivity index (χ0v) is 16.0. The largest absolute Gasteiger partial charge is 0.505 e. The van der Waals surface area contributed by atoms with Crippen LogP contribution >= 0.6 is 0 Å². The number of carbonyl (C=O) groups is 3. The van der Waals surface area contributed by atoms with Gasteiger partial charge in [-0.2, -0.15) is 0 Å². The van der Waals surface area contributed by atoms with Crippen molar-refractivity contribution in [3.05, 3.63) is 47.2 Å². The van der Waals surface area contributed by atoms with Crippen molar-refractivity contribution in [2.45, 2.75) is 31.7 Å². The Morgan fingerprint density at radius 2 is 2.04 bits per heavy atom. The zero-order valence-electron chi connectivity index (χ0n) is 15.2. The van der Waals surface area contributed by atoms with Crippen LogP contribution in [0.5, 0.6) is 5.75 Å². The molecule has 3 amide bonds.